The highest BCUT2D eigenvalue weighted by molar-refractivity contribution is 6.33. The van der Waals surface area contributed by atoms with Crippen LogP contribution in [-0.2, 0) is 6.18 Å². The second kappa shape index (κ2) is 7.56. The number of carboxylic acid groups (broad SMARTS) is 1. The highest BCUT2D eigenvalue weighted by atomic mass is 35.5. The van der Waals surface area contributed by atoms with Crippen molar-refractivity contribution in [2.75, 3.05) is 7.11 Å². The molecule has 0 aromatic heterocycles. The summed E-state index contributed by atoms with van der Waals surface area (Å²) in [5.41, 5.74) is 1.74. The maximum absolute atomic E-state index is 12.8. The Hall–Kier alpha value is -2.99. The van der Waals surface area contributed by atoms with Gasteiger partial charge in [-0.2, -0.15) is 13.2 Å². The number of hydrogen-bond acceptors (Lipinski definition) is 2. The number of carboxylic acids is 1. The number of benzene rings is 3. The first-order valence-electron chi connectivity index (χ1n) is 8.09. The van der Waals surface area contributed by atoms with Gasteiger partial charge in [0.1, 0.15) is 5.75 Å². The minimum Gasteiger partial charge on any atom is -0.496 e. The van der Waals surface area contributed by atoms with Crippen LogP contribution < -0.4 is 4.74 Å². The van der Waals surface area contributed by atoms with E-state index in [1.165, 1.54) is 31.4 Å². The molecule has 28 heavy (non-hydrogen) atoms. The molecule has 0 amide bonds. The van der Waals surface area contributed by atoms with Gasteiger partial charge in [0.15, 0.2) is 0 Å². The van der Waals surface area contributed by atoms with Crippen molar-refractivity contribution in [3.63, 3.8) is 0 Å². The SMILES string of the molecule is COc1ccc(-c2ccc(C(=O)O)cc2Cl)cc1-c1ccc(C(F)(F)F)cc1. The summed E-state index contributed by atoms with van der Waals surface area (Å²) in [4.78, 5) is 11.1. The van der Waals surface area contributed by atoms with Crippen LogP contribution in [0.15, 0.2) is 60.7 Å². The lowest BCUT2D eigenvalue weighted by Gasteiger charge is -2.13. The quantitative estimate of drug-likeness (QED) is 0.545. The molecule has 0 saturated heterocycles. The predicted molar refractivity (Wildman–Crippen MR) is 101 cm³/mol. The van der Waals surface area contributed by atoms with Gasteiger partial charge < -0.3 is 9.84 Å². The van der Waals surface area contributed by atoms with Crippen molar-refractivity contribution < 1.29 is 27.8 Å². The van der Waals surface area contributed by atoms with E-state index in [0.29, 0.717) is 28.0 Å². The third kappa shape index (κ3) is 3.97. The Labute approximate surface area is 164 Å². The summed E-state index contributed by atoms with van der Waals surface area (Å²) in [6, 6.07) is 14.3. The summed E-state index contributed by atoms with van der Waals surface area (Å²) in [6.45, 7) is 0. The van der Waals surface area contributed by atoms with Crippen LogP contribution in [0.3, 0.4) is 0 Å². The number of aromatic carboxylic acids is 1. The highest BCUT2D eigenvalue weighted by Crippen LogP contribution is 2.38. The van der Waals surface area contributed by atoms with Gasteiger partial charge in [0.2, 0.25) is 0 Å². The summed E-state index contributed by atoms with van der Waals surface area (Å²) in [5.74, 6) is -0.601. The summed E-state index contributed by atoms with van der Waals surface area (Å²) in [7, 11) is 1.47. The predicted octanol–water partition coefficient (Wildman–Crippen LogP) is 6.40. The number of hydrogen-bond donors (Lipinski definition) is 1. The molecule has 0 radical (unpaired) electrons. The largest absolute Gasteiger partial charge is 0.496 e. The van der Waals surface area contributed by atoms with Gasteiger partial charge in [0, 0.05) is 16.1 Å². The van der Waals surface area contributed by atoms with Crippen molar-refractivity contribution in [3.8, 4) is 28.0 Å². The minimum absolute atomic E-state index is 0.0604. The standard InChI is InChI=1S/C21H14ClF3O3/c1-28-19-9-5-13(16-8-4-14(20(26)27)11-18(16)22)10-17(19)12-2-6-15(7-3-12)21(23,24)25/h2-11H,1H3,(H,26,27). The van der Waals surface area contributed by atoms with Gasteiger partial charge in [-0.05, 0) is 47.5 Å². The molecule has 3 aromatic rings. The fourth-order valence-corrected chi connectivity index (χ4v) is 3.11. The first-order valence-corrected chi connectivity index (χ1v) is 8.47. The second-order valence-electron chi connectivity index (χ2n) is 5.99. The van der Waals surface area contributed by atoms with Crippen LogP contribution in [0.5, 0.6) is 5.75 Å². The fraction of sp³-hybridized carbons (Fsp3) is 0.0952. The second-order valence-corrected chi connectivity index (χ2v) is 6.40. The van der Waals surface area contributed by atoms with Gasteiger partial charge in [-0.3, -0.25) is 0 Å². The maximum atomic E-state index is 12.8. The van der Waals surface area contributed by atoms with Gasteiger partial charge in [-0.1, -0.05) is 35.9 Å². The van der Waals surface area contributed by atoms with E-state index in [0.717, 1.165) is 12.1 Å². The first kappa shape index (κ1) is 19.8. The number of ether oxygens (including phenoxy) is 1. The van der Waals surface area contributed by atoms with E-state index in [4.69, 9.17) is 21.4 Å². The van der Waals surface area contributed by atoms with Gasteiger partial charge in [-0.25, -0.2) is 4.79 Å². The van der Waals surface area contributed by atoms with Crippen LogP contribution >= 0.6 is 11.6 Å². The van der Waals surface area contributed by atoms with Crippen LogP contribution in [0, 0.1) is 0 Å². The van der Waals surface area contributed by atoms with Crippen LogP contribution in [0.1, 0.15) is 15.9 Å². The Morgan fingerprint density at radius 1 is 0.929 bits per heavy atom. The molecule has 0 aliphatic rings. The van der Waals surface area contributed by atoms with Crippen molar-refractivity contribution >= 4 is 17.6 Å². The van der Waals surface area contributed by atoms with Crippen molar-refractivity contribution in [1.29, 1.82) is 0 Å². The Morgan fingerprint density at radius 3 is 2.11 bits per heavy atom. The maximum Gasteiger partial charge on any atom is 0.416 e. The average molecular weight is 407 g/mol. The molecular formula is C21H14ClF3O3. The van der Waals surface area contributed by atoms with Crippen molar-refractivity contribution in [3.05, 3.63) is 76.8 Å². The van der Waals surface area contributed by atoms with E-state index in [-0.39, 0.29) is 10.6 Å². The minimum atomic E-state index is -4.41. The summed E-state index contributed by atoms with van der Waals surface area (Å²) >= 11 is 6.23. The number of carbonyl (C=O) groups is 1. The van der Waals surface area contributed by atoms with E-state index >= 15 is 0 Å². The highest BCUT2D eigenvalue weighted by Gasteiger charge is 2.30. The fourth-order valence-electron chi connectivity index (χ4n) is 2.82. The molecule has 0 atom stereocenters. The van der Waals surface area contributed by atoms with E-state index in [1.54, 1.807) is 24.3 Å². The Balaban J connectivity index is 2.07. The zero-order chi connectivity index (χ0) is 20.5. The zero-order valence-electron chi connectivity index (χ0n) is 14.5. The average Bonchev–Trinajstić information content (AvgIpc) is 2.67. The monoisotopic (exact) mass is 406 g/mol. The van der Waals surface area contributed by atoms with E-state index < -0.39 is 17.7 Å². The van der Waals surface area contributed by atoms with E-state index in [2.05, 4.69) is 0 Å². The van der Waals surface area contributed by atoms with Crippen molar-refractivity contribution in [2.45, 2.75) is 6.18 Å². The molecule has 1 N–H and O–H groups in total. The van der Waals surface area contributed by atoms with Gasteiger partial charge in [0.05, 0.1) is 18.2 Å². The molecule has 0 heterocycles. The Kier molecular flexibility index (Phi) is 5.34. The molecule has 0 aliphatic carbocycles. The van der Waals surface area contributed by atoms with Gasteiger partial charge >= 0.3 is 12.1 Å². The normalized spacial score (nSPS) is 11.3. The Bertz CT molecular complexity index is 1030. The molecule has 3 aromatic carbocycles. The van der Waals surface area contributed by atoms with Gasteiger partial charge in [0.25, 0.3) is 0 Å². The smallest absolute Gasteiger partial charge is 0.416 e. The van der Waals surface area contributed by atoms with E-state index in [1.807, 2.05) is 0 Å². The zero-order valence-corrected chi connectivity index (χ0v) is 15.3. The molecule has 0 bridgehead atoms. The lowest BCUT2D eigenvalue weighted by atomic mass is 9.96. The first-order chi connectivity index (χ1) is 13.2. The molecule has 7 heteroatoms. The Morgan fingerprint density at radius 2 is 1.57 bits per heavy atom. The lowest BCUT2D eigenvalue weighted by molar-refractivity contribution is -0.137. The van der Waals surface area contributed by atoms with E-state index in [9.17, 15) is 18.0 Å². The molecule has 0 aliphatic heterocycles. The van der Waals surface area contributed by atoms with Crippen LogP contribution in [0.4, 0.5) is 13.2 Å². The molecular weight excluding hydrogens is 393 g/mol. The number of alkyl halides is 3. The molecule has 0 fully saturated rings. The summed E-state index contributed by atoms with van der Waals surface area (Å²) < 4.78 is 43.8. The number of rotatable bonds is 4. The lowest BCUT2D eigenvalue weighted by Crippen LogP contribution is -2.04. The number of halogens is 4. The van der Waals surface area contributed by atoms with Crippen LogP contribution in [0.2, 0.25) is 5.02 Å². The summed E-state index contributed by atoms with van der Waals surface area (Å²) in [6.07, 6.45) is -4.41. The molecule has 3 nitrogen and oxygen atoms in total. The topological polar surface area (TPSA) is 46.5 Å². The summed E-state index contributed by atoms with van der Waals surface area (Å²) in [5, 5.41) is 9.31. The molecule has 3 rings (SSSR count). The third-order valence-electron chi connectivity index (χ3n) is 4.25. The van der Waals surface area contributed by atoms with Crippen LogP contribution in [-0.4, -0.2) is 18.2 Å². The number of methoxy groups -OCH3 is 1. The van der Waals surface area contributed by atoms with Crippen molar-refractivity contribution in [2.24, 2.45) is 0 Å². The molecule has 144 valence electrons. The molecule has 0 spiro atoms. The van der Waals surface area contributed by atoms with Crippen molar-refractivity contribution in [1.82, 2.24) is 0 Å². The third-order valence-corrected chi connectivity index (χ3v) is 4.56. The molecule has 0 unspecified atom stereocenters. The van der Waals surface area contributed by atoms with Gasteiger partial charge in [-0.15, -0.1) is 0 Å². The molecule has 0 saturated carbocycles. The van der Waals surface area contributed by atoms with Crippen LogP contribution in [0.25, 0.3) is 22.3 Å².